The zero-order chi connectivity index (χ0) is 10.0. The number of ether oxygens (including phenoxy) is 1. The second kappa shape index (κ2) is 4.07. The molecule has 0 spiro atoms. The Kier molecular flexibility index (Phi) is 3.27. The molecule has 6 heteroatoms. The summed E-state index contributed by atoms with van der Waals surface area (Å²) >= 11 is 11.1. The van der Waals surface area contributed by atoms with Crippen LogP contribution in [-0.4, -0.2) is 12.1 Å². The number of halogens is 4. The third-order valence-electron chi connectivity index (χ3n) is 1.33. The van der Waals surface area contributed by atoms with Gasteiger partial charge in [0.05, 0.1) is 12.1 Å². The van der Waals surface area contributed by atoms with E-state index in [0.717, 1.165) is 6.07 Å². The summed E-state index contributed by atoms with van der Waals surface area (Å²) < 4.78 is 29.0. The summed E-state index contributed by atoms with van der Waals surface area (Å²) in [7, 11) is 1.33. The Labute approximate surface area is 83.4 Å². The van der Waals surface area contributed by atoms with E-state index in [1.165, 1.54) is 7.11 Å². The van der Waals surface area contributed by atoms with Gasteiger partial charge in [0.1, 0.15) is 5.69 Å². The summed E-state index contributed by atoms with van der Waals surface area (Å²) in [6, 6.07) is 1.02. The minimum atomic E-state index is -2.69. The highest BCUT2D eigenvalue weighted by Crippen LogP contribution is 2.33. The minimum absolute atomic E-state index is 0.0257. The maximum atomic E-state index is 12.1. The van der Waals surface area contributed by atoms with E-state index in [1.807, 2.05) is 0 Å². The van der Waals surface area contributed by atoms with Gasteiger partial charge in [-0.2, -0.15) is 0 Å². The molecule has 0 bridgehead atoms. The first-order valence-electron chi connectivity index (χ1n) is 3.24. The van der Waals surface area contributed by atoms with Gasteiger partial charge in [-0.1, -0.05) is 23.2 Å². The van der Waals surface area contributed by atoms with E-state index in [1.54, 1.807) is 0 Å². The Morgan fingerprint density at radius 3 is 2.46 bits per heavy atom. The molecule has 0 amide bonds. The third kappa shape index (κ3) is 2.19. The zero-order valence-electron chi connectivity index (χ0n) is 6.52. The molecule has 2 nitrogen and oxygen atoms in total. The molecule has 1 aromatic heterocycles. The summed E-state index contributed by atoms with van der Waals surface area (Å²) in [5, 5.41) is -0.136. The van der Waals surface area contributed by atoms with Gasteiger partial charge in [-0.15, -0.1) is 0 Å². The quantitative estimate of drug-likeness (QED) is 0.724. The Morgan fingerprint density at radius 1 is 1.46 bits per heavy atom. The highest BCUT2D eigenvalue weighted by molar-refractivity contribution is 6.36. The average molecular weight is 228 g/mol. The van der Waals surface area contributed by atoms with E-state index in [9.17, 15) is 8.78 Å². The van der Waals surface area contributed by atoms with Crippen LogP contribution >= 0.6 is 23.2 Å². The van der Waals surface area contributed by atoms with Crippen LogP contribution in [0.15, 0.2) is 6.07 Å². The van der Waals surface area contributed by atoms with Crippen LogP contribution in [0.2, 0.25) is 10.2 Å². The first-order chi connectivity index (χ1) is 6.06. The Hall–Kier alpha value is -0.610. The van der Waals surface area contributed by atoms with Crippen molar-refractivity contribution in [1.82, 2.24) is 4.98 Å². The number of hydrogen-bond acceptors (Lipinski definition) is 2. The van der Waals surface area contributed by atoms with Crippen molar-refractivity contribution in [1.29, 1.82) is 0 Å². The maximum Gasteiger partial charge on any atom is 0.280 e. The molecule has 0 aliphatic heterocycles. The van der Waals surface area contributed by atoms with Crippen LogP contribution in [0, 0.1) is 0 Å². The van der Waals surface area contributed by atoms with Crippen molar-refractivity contribution in [3.05, 3.63) is 21.9 Å². The van der Waals surface area contributed by atoms with E-state index in [-0.39, 0.29) is 15.9 Å². The fourth-order valence-electron chi connectivity index (χ4n) is 0.784. The summed E-state index contributed by atoms with van der Waals surface area (Å²) in [6.45, 7) is 0. The van der Waals surface area contributed by atoms with Gasteiger partial charge in [-0.3, -0.25) is 0 Å². The van der Waals surface area contributed by atoms with Gasteiger partial charge in [-0.25, -0.2) is 13.8 Å². The van der Waals surface area contributed by atoms with Gasteiger partial charge in [-0.05, 0) is 6.07 Å². The summed E-state index contributed by atoms with van der Waals surface area (Å²) in [5.74, 6) is 0.104. The lowest BCUT2D eigenvalue weighted by atomic mass is 10.3. The molecule has 0 aromatic carbocycles. The van der Waals surface area contributed by atoms with Gasteiger partial charge < -0.3 is 4.74 Å². The van der Waals surface area contributed by atoms with E-state index in [0.29, 0.717) is 0 Å². The van der Waals surface area contributed by atoms with Gasteiger partial charge in [0.2, 0.25) is 0 Å². The molecule has 0 atom stereocenters. The van der Waals surface area contributed by atoms with E-state index >= 15 is 0 Å². The Morgan fingerprint density at radius 2 is 2.08 bits per heavy atom. The third-order valence-corrected chi connectivity index (χ3v) is 1.87. The Bertz CT molecular complexity index is 296. The lowest BCUT2D eigenvalue weighted by molar-refractivity contribution is 0.146. The molecule has 0 aliphatic rings. The van der Waals surface area contributed by atoms with Crippen molar-refractivity contribution < 1.29 is 13.5 Å². The average Bonchev–Trinajstić information content (AvgIpc) is 2.03. The lowest BCUT2D eigenvalue weighted by Gasteiger charge is -2.06. The normalized spacial score (nSPS) is 10.6. The molecule has 0 N–H and O–H groups in total. The van der Waals surface area contributed by atoms with E-state index < -0.39 is 12.1 Å². The topological polar surface area (TPSA) is 22.1 Å². The molecule has 0 saturated carbocycles. The van der Waals surface area contributed by atoms with Crippen LogP contribution in [0.5, 0.6) is 5.75 Å². The molecular weight excluding hydrogens is 223 g/mol. The Balaban J connectivity index is 3.20. The highest BCUT2D eigenvalue weighted by Gasteiger charge is 2.15. The number of alkyl halides is 2. The smallest absolute Gasteiger partial charge is 0.280 e. The van der Waals surface area contributed by atoms with Gasteiger partial charge in [0.25, 0.3) is 6.43 Å². The van der Waals surface area contributed by atoms with Crippen LogP contribution < -0.4 is 4.74 Å². The van der Waals surface area contributed by atoms with Crippen LogP contribution in [0.4, 0.5) is 8.78 Å². The molecule has 0 radical (unpaired) electrons. The monoisotopic (exact) mass is 227 g/mol. The fraction of sp³-hybridized carbons (Fsp3) is 0.286. The molecule has 0 fully saturated rings. The van der Waals surface area contributed by atoms with Crippen LogP contribution in [-0.2, 0) is 0 Å². The van der Waals surface area contributed by atoms with Gasteiger partial charge in [0.15, 0.2) is 10.9 Å². The van der Waals surface area contributed by atoms with Crippen molar-refractivity contribution in [3.8, 4) is 5.75 Å². The lowest BCUT2D eigenvalue weighted by Crippen LogP contribution is -1.94. The van der Waals surface area contributed by atoms with Crippen molar-refractivity contribution in [2.75, 3.05) is 7.11 Å². The van der Waals surface area contributed by atoms with Gasteiger partial charge >= 0.3 is 0 Å². The second-order valence-corrected chi connectivity index (χ2v) is 2.92. The largest absolute Gasteiger partial charge is 0.492 e. The summed E-state index contributed by atoms with van der Waals surface area (Å²) in [5.41, 5.74) is -0.462. The van der Waals surface area contributed by atoms with Gasteiger partial charge in [0, 0.05) is 0 Å². The zero-order valence-corrected chi connectivity index (χ0v) is 8.03. The summed E-state index contributed by atoms with van der Waals surface area (Å²) in [6.07, 6.45) is -2.69. The number of methoxy groups -OCH3 is 1. The number of rotatable bonds is 2. The molecule has 0 unspecified atom stereocenters. The second-order valence-electron chi connectivity index (χ2n) is 2.15. The fourth-order valence-corrected chi connectivity index (χ4v) is 1.39. The molecule has 1 rings (SSSR count). The van der Waals surface area contributed by atoms with Crippen molar-refractivity contribution in [3.63, 3.8) is 0 Å². The number of aromatic nitrogens is 1. The van der Waals surface area contributed by atoms with Crippen LogP contribution in [0.25, 0.3) is 0 Å². The first kappa shape index (κ1) is 10.5. The van der Waals surface area contributed by atoms with Crippen molar-refractivity contribution >= 4 is 23.2 Å². The molecule has 1 aromatic rings. The molecule has 0 aliphatic carbocycles. The highest BCUT2D eigenvalue weighted by atomic mass is 35.5. The molecule has 1 heterocycles. The van der Waals surface area contributed by atoms with Crippen LogP contribution in [0.3, 0.4) is 0 Å². The number of hydrogen-bond donors (Lipinski definition) is 0. The van der Waals surface area contributed by atoms with E-state index in [4.69, 9.17) is 27.9 Å². The summed E-state index contributed by atoms with van der Waals surface area (Å²) in [4.78, 5) is 3.41. The predicted octanol–water partition coefficient (Wildman–Crippen LogP) is 3.33. The molecule has 13 heavy (non-hydrogen) atoms. The minimum Gasteiger partial charge on any atom is -0.492 e. The standard InChI is InChI=1S/C7H5Cl2F2NO/c1-13-5-3(8)2-4(7(10)11)12-6(5)9/h2,7H,1H3. The molecular formula is C7H5Cl2F2NO. The maximum absolute atomic E-state index is 12.1. The van der Waals surface area contributed by atoms with Crippen LogP contribution in [0.1, 0.15) is 12.1 Å². The van der Waals surface area contributed by atoms with E-state index in [2.05, 4.69) is 4.98 Å². The number of nitrogens with zero attached hydrogens (tertiary/aromatic N) is 1. The number of pyridine rings is 1. The first-order valence-corrected chi connectivity index (χ1v) is 4.00. The molecule has 72 valence electrons. The van der Waals surface area contributed by atoms with Crippen molar-refractivity contribution in [2.45, 2.75) is 6.43 Å². The SMILES string of the molecule is COc1c(Cl)cc(C(F)F)nc1Cl. The predicted molar refractivity (Wildman–Crippen MR) is 45.8 cm³/mol. The van der Waals surface area contributed by atoms with Crippen molar-refractivity contribution in [2.24, 2.45) is 0 Å². The molecule has 0 saturated heterocycles.